The topological polar surface area (TPSA) is 49.6 Å². The van der Waals surface area contributed by atoms with Crippen LogP contribution in [0.25, 0.3) is 16.2 Å². The Labute approximate surface area is 178 Å². The van der Waals surface area contributed by atoms with Crippen LogP contribution in [-0.4, -0.2) is 50.7 Å². The van der Waals surface area contributed by atoms with Crippen molar-refractivity contribution in [2.45, 2.75) is 25.4 Å². The smallest absolute Gasteiger partial charge is 0.214 e. The molecule has 5 rings (SSSR count). The molecular formula is C22H23FN6S. The number of nitrogens with zero attached hydrogens (tertiary/aromatic N) is 6. The molecule has 3 aromatic heterocycles. The van der Waals surface area contributed by atoms with Gasteiger partial charge in [0.15, 0.2) is 0 Å². The Hall–Kier alpha value is -2.84. The molecule has 4 heterocycles. The fourth-order valence-electron chi connectivity index (χ4n) is 3.96. The van der Waals surface area contributed by atoms with Gasteiger partial charge in [-0.25, -0.2) is 13.9 Å². The summed E-state index contributed by atoms with van der Waals surface area (Å²) in [6.45, 7) is 3.14. The fourth-order valence-corrected chi connectivity index (χ4v) is 4.88. The first-order valence-corrected chi connectivity index (χ1v) is 10.9. The number of fused-ring (bicyclic) bond motifs is 1. The average molecular weight is 423 g/mol. The molecule has 0 aliphatic carbocycles. The van der Waals surface area contributed by atoms with Crippen LogP contribution >= 0.6 is 11.3 Å². The summed E-state index contributed by atoms with van der Waals surface area (Å²) < 4.78 is 15.0. The van der Waals surface area contributed by atoms with Gasteiger partial charge in [0.25, 0.3) is 0 Å². The molecular weight excluding hydrogens is 399 g/mol. The zero-order chi connectivity index (χ0) is 20.5. The van der Waals surface area contributed by atoms with Gasteiger partial charge in [-0.2, -0.15) is 0 Å². The summed E-state index contributed by atoms with van der Waals surface area (Å²) in [6.07, 6.45) is 7.86. The van der Waals surface area contributed by atoms with Gasteiger partial charge in [0.2, 0.25) is 10.1 Å². The molecule has 30 heavy (non-hydrogen) atoms. The van der Waals surface area contributed by atoms with Crippen LogP contribution in [-0.2, 0) is 6.54 Å². The molecule has 1 fully saturated rings. The SMILES string of the molecule is CN(c1nn2cc(-c3ccc(F)cc3)nc2s1)C1CCN(Cc2ccncc2)CC1. The Kier molecular flexibility index (Phi) is 5.18. The van der Waals surface area contributed by atoms with Gasteiger partial charge >= 0.3 is 0 Å². The minimum absolute atomic E-state index is 0.242. The Morgan fingerprint density at radius 1 is 1.10 bits per heavy atom. The molecule has 0 radical (unpaired) electrons. The predicted octanol–water partition coefficient (Wildman–Crippen LogP) is 4.09. The number of imidazole rings is 1. The molecule has 8 heteroatoms. The third-order valence-corrected chi connectivity index (χ3v) is 6.75. The monoisotopic (exact) mass is 422 g/mol. The van der Waals surface area contributed by atoms with Crippen LogP contribution in [0.4, 0.5) is 9.52 Å². The minimum Gasteiger partial charge on any atom is -0.347 e. The first-order valence-electron chi connectivity index (χ1n) is 10.1. The van der Waals surface area contributed by atoms with E-state index in [2.05, 4.69) is 38.9 Å². The normalized spacial score (nSPS) is 15.7. The summed E-state index contributed by atoms with van der Waals surface area (Å²) in [5.41, 5.74) is 3.02. The molecule has 1 aromatic carbocycles. The molecule has 6 nitrogen and oxygen atoms in total. The molecule has 0 atom stereocenters. The number of aromatic nitrogens is 4. The Bertz CT molecular complexity index is 1080. The second-order valence-corrected chi connectivity index (χ2v) is 8.65. The van der Waals surface area contributed by atoms with E-state index in [4.69, 9.17) is 5.10 Å². The van der Waals surface area contributed by atoms with Crippen molar-refractivity contribution in [2.75, 3.05) is 25.0 Å². The van der Waals surface area contributed by atoms with E-state index >= 15 is 0 Å². The summed E-state index contributed by atoms with van der Waals surface area (Å²) in [6, 6.07) is 11.1. The summed E-state index contributed by atoms with van der Waals surface area (Å²) in [7, 11) is 2.13. The lowest BCUT2D eigenvalue weighted by Crippen LogP contribution is -2.43. The molecule has 4 aromatic rings. The fraction of sp³-hybridized carbons (Fsp3) is 0.318. The summed E-state index contributed by atoms with van der Waals surface area (Å²) >= 11 is 1.59. The summed E-state index contributed by atoms with van der Waals surface area (Å²) in [5, 5.41) is 5.72. The number of anilines is 1. The Balaban J connectivity index is 1.23. The molecule has 0 unspecified atom stereocenters. The molecule has 1 aliphatic heterocycles. The molecule has 0 spiro atoms. The maximum atomic E-state index is 13.2. The maximum Gasteiger partial charge on any atom is 0.214 e. The number of halogens is 1. The zero-order valence-corrected chi connectivity index (χ0v) is 17.6. The molecule has 1 aliphatic rings. The van der Waals surface area contributed by atoms with Crippen LogP contribution in [0.3, 0.4) is 0 Å². The second-order valence-electron chi connectivity index (χ2n) is 7.72. The number of piperidine rings is 1. The highest BCUT2D eigenvalue weighted by Gasteiger charge is 2.25. The lowest BCUT2D eigenvalue weighted by molar-refractivity contribution is 0.203. The molecule has 154 valence electrons. The number of benzene rings is 1. The van der Waals surface area contributed by atoms with E-state index in [0.717, 1.165) is 53.8 Å². The summed E-state index contributed by atoms with van der Waals surface area (Å²) in [4.78, 5) is 14.4. The molecule has 0 bridgehead atoms. The highest BCUT2D eigenvalue weighted by molar-refractivity contribution is 7.20. The molecule has 0 N–H and O–H groups in total. The van der Waals surface area contributed by atoms with E-state index in [1.54, 1.807) is 23.5 Å². The van der Waals surface area contributed by atoms with E-state index < -0.39 is 0 Å². The van der Waals surface area contributed by atoms with Gasteiger partial charge < -0.3 is 4.90 Å². The number of hydrogen-bond acceptors (Lipinski definition) is 6. The standard InChI is InChI=1S/C22H23FN6S/c1-27(19-8-12-28(13-9-19)14-16-6-10-24-11-7-16)22-26-29-15-20(25-21(29)30-22)17-2-4-18(23)5-3-17/h2-7,10-11,15,19H,8-9,12-14H2,1H3. The Morgan fingerprint density at radius 3 is 2.53 bits per heavy atom. The van der Waals surface area contributed by atoms with Gasteiger partial charge in [-0.3, -0.25) is 9.88 Å². The van der Waals surface area contributed by atoms with Crippen molar-refractivity contribution >= 4 is 21.4 Å². The zero-order valence-electron chi connectivity index (χ0n) is 16.8. The van der Waals surface area contributed by atoms with E-state index in [-0.39, 0.29) is 5.82 Å². The Morgan fingerprint density at radius 2 is 1.83 bits per heavy atom. The van der Waals surface area contributed by atoms with Gasteiger partial charge in [0.05, 0.1) is 11.9 Å². The van der Waals surface area contributed by atoms with Crippen molar-refractivity contribution in [1.29, 1.82) is 0 Å². The second kappa shape index (κ2) is 8.12. The highest BCUT2D eigenvalue weighted by atomic mass is 32.1. The van der Waals surface area contributed by atoms with Gasteiger partial charge in [-0.05, 0) is 54.8 Å². The predicted molar refractivity (Wildman–Crippen MR) is 117 cm³/mol. The van der Waals surface area contributed by atoms with Crippen LogP contribution < -0.4 is 4.90 Å². The largest absolute Gasteiger partial charge is 0.347 e. The van der Waals surface area contributed by atoms with Gasteiger partial charge in [-0.15, -0.1) is 5.10 Å². The van der Waals surface area contributed by atoms with Crippen LogP contribution in [0.15, 0.2) is 55.0 Å². The van der Waals surface area contributed by atoms with E-state index in [0.29, 0.717) is 6.04 Å². The van der Waals surface area contributed by atoms with Gasteiger partial charge in [0.1, 0.15) is 5.82 Å². The third-order valence-electron chi connectivity index (χ3n) is 5.73. The van der Waals surface area contributed by atoms with E-state index in [1.165, 1.54) is 17.7 Å². The number of hydrogen-bond donors (Lipinski definition) is 0. The lowest BCUT2D eigenvalue weighted by Gasteiger charge is -2.36. The highest BCUT2D eigenvalue weighted by Crippen LogP contribution is 2.29. The van der Waals surface area contributed by atoms with Gasteiger partial charge in [-0.1, -0.05) is 11.3 Å². The first kappa shape index (κ1) is 19.1. The number of likely N-dealkylation sites (tertiary alicyclic amines) is 1. The first-order chi connectivity index (χ1) is 14.7. The van der Waals surface area contributed by atoms with Crippen molar-refractivity contribution in [2.24, 2.45) is 0 Å². The van der Waals surface area contributed by atoms with Crippen molar-refractivity contribution in [1.82, 2.24) is 24.5 Å². The maximum absolute atomic E-state index is 13.2. The average Bonchev–Trinajstić information content (AvgIpc) is 3.35. The van der Waals surface area contributed by atoms with Gasteiger partial charge in [0, 0.05) is 50.7 Å². The summed E-state index contributed by atoms with van der Waals surface area (Å²) in [5.74, 6) is -0.242. The molecule has 0 amide bonds. The molecule has 1 saturated heterocycles. The number of pyridine rings is 1. The third kappa shape index (κ3) is 3.93. The lowest BCUT2D eigenvalue weighted by atomic mass is 10.0. The van der Waals surface area contributed by atoms with Crippen molar-refractivity contribution < 1.29 is 4.39 Å². The quantitative estimate of drug-likeness (QED) is 0.485. The van der Waals surface area contributed by atoms with Crippen LogP contribution in [0.2, 0.25) is 0 Å². The minimum atomic E-state index is -0.242. The van der Waals surface area contributed by atoms with Crippen LogP contribution in [0.5, 0.6) is 0 Å². The van der Waals surface area contributed by atoms with Crippen LogP contribution in [0, 0.1) is 5.82 Å². The van der Waals surface area contributed by atoms with Crippen molar-refractivity contribution in [3.8, 4) is 11.3 Å². The molecule has 0 saturated carbocycles. The number of rotatable bonds is 5. The van der Waals surface area contributed by atoms with Crippen molar-refractivity contribution in [3.63, 3.8) is 0 Å². The van der Waals surface area contributed by atoms with E-state index in [1.807, 2.05) is 23.1 Å². The van der Waals surface area contributed by atoms with Crippen molar-refractivity contribution in [3.05, 3.63) is 66.4 Å². The van der Waals surface area contributed by atoms with E-state index in [9.17, 15) is 4.39 Å². The van der Waals surface area contributed by atoms with Crippen LogP contribution in [0.1, 0.15) is 18.4 Å².